The Bertz CT molecular complexity index is 1040. The Morgan fingerprint density at radius 1 is 1.37 bits per heavy atom. The molecule has 3 rings (SSSR count). The van der Waals surface area contributed by atoms with E-state index in [1.807, 2.05) is 33.4 Å². The van der Waals surface area contributed by atoms with Gasteiger partial charge in [-0.05, 0) is 25.1 Å². The molecule has 3 aromatic rings. The minimum atomic E-state index is -0.569. The van der Waals surface area contributed by atoms with E-state index in [9.17, 15) is 14.9 Å². The van der Waals surface area contributed by atoms with Crippen molar-refractivity contribution in [1.82, 2.24) is 4.57 Å². The number of hydrogen-bond acceptors (Lipinski definition) is 4. The summed E-state index contributed by atoms with van der Waals surface area (Å²) in [5.74, 6) is 0.0189. The summed E-state index contributed by atoms with van der Waals surface area (Å²) in [7, 11) is 1.44. The molecule has 0 saturated carbocycles. The number of ether oxygens (including phenoxy) is 1. The first-order valence-corrected chi connectivity index (χ1v) is 8.22. The summed E-state index contributed by atoms with van der Waals surface area (Å²) < 4.78 is 8.84. The molecule has 0 bridgehead atoms. The lowest BCUT2D eigenvalue weighted by atomic mass is 10.2. The van der Waals surface area contributed by atoms with Crippen molar-refractivity contribution in [2.24, 2.45) is 0 Å². The van der Waals surface area contributed by atoms with E-state index in [4.69, 9.17) is 4.74 Å². The molecule has 2 aromatic carbocycles. The van der Waals surface area contributed by atoms with Gasteiger partial charge in [0, 0.05) is 12.1 Å². The molecule has 1 atom stereocenters. The maximum Gasteiger partial charge on any atom is 0.271 e. The van der Waals surface area contributed by atoms with Gasteiger partial charge in [-0.2, -0.15) is 0 Å². The number of para-hydroxylation sites is 2. The summed E-state index contributed by atoms with van der Waals surface area (Å²) >= 11 is 0. The summed E-state index contributed by atoms with van der Waals surface area (Å²) in [5.41, 5.74) is 1.90. The maximum atomic E-state index is 12.8. The zero-order valence-electron chi connectivity index (χ0n) is 15.0. The van der Waals surface area contributed by atoms with Gasteiger partial charge >= 0.3 is 0 Å². The van der Waals surface area contributed by atoms with Crippen LogP contribution in [0.1, 0.15) is 13.0 Å². The number of fused-ring (bicyclic) bond motifs is 1. The molecule has 1 heterocycles. The van der Waals surface area contributed by atoms with E-state index >= 15 is 0 Å². The predicted molar refractivity (Wildman–Crippen MR) is 102 cm³/mol. The number of nitrogens with one attached hydrogen (secondary N) is 1. The molecule has 0 spiro atoms. The number of carbonyl (C=O) groups excluding carboxylic acids is 1. The molecule has 1 amide bonds. The van der Waals surface area contributed by atoms with E-state index in [-0.39, 0.29) is 17.3 Å². The van der Waals surface area contributed by atoms with Crippen LogP contribution in [0.4, 0.5) is 11.4 Å². The third kappa shape index (κ3) is 3.37. The summed E-state index contributed by atoms with van der Waals surface area (Å²) in [4.78, 5) is 23.3. The summed E-state index contributed by atoms with van der Waals surface area (Å²) in [6.07, 6.45) is 3.44. The van der Waals surface area contributed by atoms with Gasteiger partial charge in [0.15, 0.2) is 17.1 Å². The highest BCUT2D eigenvalue weighted by Gasteiger charge is 2.26. The second-order valence-corrected chi connectivity index (χ2v) is 5.91. The molecular weight excluding hydrogens is 348 g/mol. The van der Waals surface area contributed by atoms with Crippen LogP contribution < -0.4 is 14.6 Å². The van der Waals surface area contributed by atoms with Crippen LogP contribution in [0.2, 0.25) is 0 Å². The molecule has 1 N–H and O–H groups in total. The predicted octanol–water partition coefficient (Wildman–Crippen LogP) is 3.15. The van der Waals surface area contributed by atoms with E-state index in [0.717, 1.165) is 11.0 Å². The lowest BCUT2D eigenvalue weighted by Gasteiger charge is -2.13. The molecule has 1 aromatic heterocycles. The smallest absolute Gasteiger partial charge is 0.271 e. The number of carbonyl (C=O) groups is 1. The van der Waals surface area contributed by atoms with Gasteiger partial charge in [-0.1, -0.05) is 18.7 Å². The van der Waals surface area contributed by atoms with Gasteiger partial charge in [-0.25, -0.2) is 9.13 Å². The molecule has 0 aliphatic heterocycles. The molecule has 0 aliphatic carbocycles. The number of hydrogen-bond donors (Lipinski definition) is 1. The van der Waals surface area contributed by atoms with Crippen molar-refractivity contribution in [2.75, 3.05) is 12.4 Å². The van der Waals surface area contributed by atoms with Crippen LogP contribution in [0.5, 0.6) is 5.75 Å². The molecule has 27 heavy (non-hydrogen) atoms. The van der Waals surface area contributed by atoms with Gasteiger partial charge in [0.05, 0.1) is 23.9 Å². The van der Waals surface area contributed by atoms with Crippen LogP contribution >= 0.6 is 0 Å². The van der Waals surface area contributed by atoms with E-state index < -0.39 is 11.0 Å². The standard InChI is InChI=1S/C19H18N4O4/c1-4-21-12-22(17-8-6-5-7-16(17)21)13(2)19(24)20-15-11-14(23(25)26)9-10-18(15)27-3/h4-13H,1H2,2-3H3/p+1/t13-/m1/s1. The Labute approximate surface area is 155 Å². The van der Waals surface area contributed by atoms with E-state index in [0.29, 0.717) is 5.75 Å². The molecule has 0 fully saturated rings. The van der Waals surface area contributed by atoms with Crippen molar-refractivity contribution in [3.05, 3.63) is 65.5 Å². The molecule has 0 radical (unpaired) electrons. The number of imidazole rings is 1. The average Bonchev–Trinajstić information content (AvgIpc) is 3.06. The van der Waals surface area contributed by atoms with Crippen molar-refractivity contribution < 1.29 is 19.0 Å². The number of nitro groups is 1. The normalized spacial score (nSPS) is 11.8. The monoisotopic (exact) mass is 367 g/mol. The Balaban J connectivity index is 1.94. The first kappa shape index (κ1) is 18.1. The van der Waals surface area contributed by atoms with Gasteiger partial charge in [0.1, 0.15) is 5.75 Å². The minimum Gasteiger partial charge on any atom is -0.495 e. The SMILES string of the molecule is C=Cn1c[n+]([C@H](C)C(=O)Nc2cc([N+](=O)[O-])ccc2OC)c2ccccc21. The Kier molecular flexibility index (Phi) is 4.89. The van der Waals surface area contributed by atoms with Crippen LogP contribution in [0.15, 0.2) is 55.4 Å². The van der Waals surface area contributed by atoms with Gasteiger partial charge in [-0.3, -0.25) is 14.9 Å². The van der Waals surface area contributed by atoms with Crippen molar-refractivity contribution >= 4 is 34.5 Å². The number of methoxy groups -OCH3 is 1. The zero-order chi connectivity index (χ0) is 19.6. The van der Waals surface area contributed by atoms with Gasteiger partial charge < -0.3 is 10.1 Å². The van der Waals surface area contributed by atoms with E-state index in [1.165, 1.54) is 25.3 Å². The number of rotatable bonds is 6. The summed E-state index contributed by atoms with van der Waals surface area (Å²) in [6.45, 7) is 5.53. The molecule has 8 nitrogen and oxygen atoms in total. The second-order valence-electron chi connectivity index (χ2n) is 5.91. The van der Waals surface area contributed by atoms with Crippen LogP contribution in [-0.2, 0) is 4.79 Å². The fourth-order valence-corrected chi connectivity index (χ4v) is 2.88. The van der Waals surface area contributed by atoms with Crippen molar-refractivity contribution in [3.63, 3.8) is 0 Å². The number of amides is 1. The quantitative estimate of drug-likeness (QED) is 0.412. The Morgan fingerprint density at radius 2 is 2.11 bits per heavy atom. The van der Waals surface area contributed by atoms with Gasteiger partial charge in [0.2, 0.25) is 6.33 Å². The average molecular weight is 367 g/mol. The molecule has 8 heteroatoms. The highest BCUT2D eigenvalue weighted by Crippen LogP contribution is 2.29. The number of nitro benzene ring substituents is 1. The van der Waals surface area contributed by atoms with Crippen molar-refractivity contribution in [1.29, 1.82) is 0 Å². The van der Waals surface area contributed by atoms with Crippen LogP contribution in [-0.4, -0.2) is 22.5 Å². The Morgan fingerprint density at radius 3 is 2.78 bits per heavy atom. The molecular formula is C19H19N4O4+. The summed E-state index contributed by atoms with van der Waals surface area (Å²) in [6, 6.07) is 11.1. The first-order valence-electron chi connectivity index (χ1n) is 8.22. The van der Waals surface area contributed by atoms with E-state index in [2.05, 4.69) is 11.9 Å². The van der Waals surface area contributed by atoms with Crippen LogP contribution in [0.25, 0.3) is 17.2 Å². The van der Waals surface area contributed by atoms with E-state index in [1.54, 1.807) is 19.5 Å². The molecule has 138 valence electrons. The van der Waals surface area contributed by atoms with Crippen LogP contribution in [0, 0.1) is 10.1 Å². The number of non-ortho nitro benzene ring substituents is 1. The largest absolute Gasteiger partial charge is 0.495 e. The van der Waals surface area contributed by atoms with Gasteiger partial charge in [-0.15, -0.1) is 0 Å². The number of aromatic nitrogens is 2. The molecule has 0 saturated heterocycles. The Hall–Kier alpha value is -3.68. The fourth-order valence-electron chi connectivity index (χ4n) is 2.88. The second kappa shape index (κ2) is 7.28. The number of nitrogens with zero attached hydrogens (tertiary/aromatic N) is 3. The molecule has 0 unspecified atom stereocenters. The third-order valence-electron chi connectivity index (χ3n) is 4.33. The highest BCUT2D eigenvalue weighted by molar-refractivity contribution is 5.94. The maximum absolute atomic E-state index is 12.8. The topological polar surface area (TPSA) is 90.3 Å². The summed E-state index contributed by atoms with van der Waals surface area (Å²) in [5, 5.41) is 13.7. The fraction of sp³-hybridized carbons (Fsp3) is 0.158. The lowest BCUT2D eigenvalue weighted by molar-refractivity contribution is -0.680. The molecule has 0 aliphatic rings. The van der Waals surface area contributed by atoms with Crippen LogP contribution in [0.3, 0.4) is 0 Å². The number of anilines is 1. The lowest BCUT2D eigenvalue weighted by Crippen LogP contribution is -2.43. The minimum absolute atomic E-state index is 0.130. The van der Waals surface area contributed by atoms with Crippen molar-refractivity contribution in [2.45, 2.75) is 13.0 Å². The van der Waals surface area contributed by atoms with Gasteiger partial charge in [0.25, 0.3) is 11.6 Å². The third-order valence-corrected chi connectivity index (χ3v) is 4.33. The zero-order valence-corrected chi connectivity index (χ0v) is 15.0. The highest BCUT2D eigenvalue weighted by atomic mass is 16.6. The van der Waals surface area contributed by atoms with Crippen molar-refractivity contribution in [3.8, 4) is 5.75 Å². The first-order chi connectivity index (χ1) is 13.0. The number of benzene rings is 2.